The van der Waals surface area contributed by atoms with Crippen LogP contribution >= 0.6 is 0 Å². The first kappa shape index (κ1) is 14.4. The molecule has 0 bridgehead atoms. The molecule has 0 fully saturated rings. The molecule has 0 amide bonds. The lowest BCUT2D eigenvalue weighted by Crippen LogP contribution is -2.80. The van der Waals surface area contributed by atoms with Crippen LogP contribution in [0, 0.1) is 0 Å². The van der Waals surface area contributed by atoms with Crippen LogP contribution in [0.25, 0.3) is 0 Å². The fourth-order valence-corrected chi connectivity index (χ4v) is 1.86. The van der Waals surface area contributed by atoms with Gasteiger partial charge in [0.15, 0.2) is 0 Å². The van der Waals surface area contributed by atoms with E-state index in [0.29, 0.717) is 24.4 Å². The van der Waals surface area contributed by atoms with Gasteiger partial charge in [0.25, 0.3) is 0 Å². The summed E-state index contributed by atoms with van der Waals surface area (Å²) in [6.45, 7) is 7.86. The van der Waals surface area contributed by atoms with Gasteiger partial charge in [0.05, 0.1) is 24.4 Å². The molecule has 0 aromatic carbocycles. The van der Waals surface area contributed by atoms with E-state index in [1.807, 2.05) is 19.2 Å². The fourth-order valence-electron chi connectivity index (χ4n) is 1.86. The molecule has 1 aliphatic rings. The Morgan fingerprint density at radius 3 is 1.72 bits per heavy atom. The van der Waals surface area contributed by atoms with E-state index in [2.05, 4.69) is 0 Å². The fraction of sp³-hybridized carbons (Fsp3) is 0.538. The van der Waals surface area contributed by atoms with Crippen molar-refractivity contribution in [2.24, 2.45) is 0 Å². The normalized spacial score (nSPS) is 15.8. The number of carbonyl (C=O) groups is 2. The number of allylic oxidation sites excluding steroid dienone is 2. The molecule has 100 valence electrons. The average molecular weight is 254 g/mol. The summed E-state index contributed by atoms with van der Waals surface area (Å²) in [5.74, 6) is -0.721. The zero-order chi connectivity index (χ0) is 13.7. The highest BCUT2D eigenvalue weighted by Gasteiger charge is 2.29. The summed E-state index contributed by atoms with van der Waals surface area (Å²) < 4.78 is 9.97. The van der Waals surface area contributed by atoms with E-state index >= 15 is 0 Å². The quantitative estimate of drug-likeness (QED) is 0.747. The number of quaternary nitrogens is 1. The lowest BCUT2D eigenvalue weighted by atomic mass is 9.98. The Morgan fingerprint density at radius 1 is 1.00 bits per heavy atom. The van der Waals surface area contributed by atoms with Crippen LogP contribution in [0.5, 0.6) is 0 Å². The molecule has 0 aromatic heterocycles. The summed E-state index contributed by atoms with van der Waals surface area (Å²) in [4.78, 5) is 23.5. The Kier molecular flexibility index (Phi) is 5.09. The van der Waals surface area contributed by atoms with E-state index in [9.17, 15) is 9.59 Å². The number of rotatable bonds is 4. The minimum Gasteiger partial charge on any atom is -0.462 e. The van der Waals surface area contributed by atoms with Crippen molar-refractivity contribution < 1.29 is 24.4 Å². The second kappa shape index (κ2) is 6.35. The minimum absolute atomic E-state index is 0.284. The summed E-state index contributed by atoms with van der Waals surface area (Å²) in [7, 11) is 0. The van der Waals surface area contributed by atoms with Gasteiger partial charge in [-0.25, -0.2) is 9.59 Å². The number of hydrogen-bond acceptors (Lipinski definition) is 4. The van der Waals surface area contributed by atoms with Gasteiger partial charge in [-0.2, -0.15) is 0 Å². The molecule has 18 heavy (non-hydrogen) atoms. The smallest absolute Gasteiger partial charge is 0.340 e. The van der Waals surface area contributed by atoms with E-state index in [0.717, 1.165) is 11.4 Å². The number of carbonyl (C=O) groups excluding carboxylic acids is 2. The zero-order valence-electron chi connectivity index (χ0n) is 11.3. The lowest BCUT2D eigenvalue weighted by molar-refractivity contribution is -0.557. The molecule has 0 aliphatic carbocycles. The van der Waals surface area contributed by atoms with Crippen molar-refractivity contribution in [2.75, 3.05) is 13.2 Å². The summed E-state index contributed by atoms with van der Waals surface area (Å²) >= 11 is 0. The van der Waals surface area contributed by atoms with Crippen LogP contribution in [0.15, 0.2) is 22.5 Å². The Bertz CT molecular complexity index is 383. The second-order valence-electron chi connectivity index (χ2n) is 4.09. The molecule has 0 atom stereocenters. The summed E-state index contributed by atoms with van der Waals surface area (Å²) in [6, 6.07) is 0. The third-order valence-electron chi connectivity index (χ3n) is 2.78. The summed E-state index contributed by atoms with van der Waals surface area (Å²) in [5, 5.41) is 1.82. The van der Waals surface area contributed by atoms with Crippen molar-refractivity contribution >= 4 is 11.9 Å². The van der Waals surface area contributed by atoms with Gasteiger partial charge >= 0.3 is 11.9 Å². The Labute approximate surface area is 107 Å². The average Bonchev–Trinajstić information content (AvgIpc) is 2.29. The van der Waals surface area contributed by atoms with Gasteiger partial charge < -0.3 is 9.47 Å². The van der Waals surface area contributed by atoms with Crippen molar-refractivity contribution in [1.82, 2.24) is 0 Å². The van der Waals surface area contributed by atoms with Crippen molar-refractivity contribution in [3.05, 3.63) is 22.5 Å². The van der Waals surface area contributed by atoms with Crippen molar-refractivity contribution in [3.63, 3.8) is 0 Å². The third-order valence-corrected chi connectivity index (χ3v) is 2.78. The van der Waals surface area contributed by atoms with Gasteiger partial charge in [-0.3, -0.25) is 5.32 Å². The van der Waals surface area contributed by atoms with Crippen molar-refractivity contribution in [1.29, 1.82) is 0 Å². The molecule has 0 saturated carbocycles. The van der Waals surface area contributed by atoms with E-state index in [4.69, 9.17) is 9.47 Å². The largest absolute Gasteiger partial charge is 0.462 e. The molecule has 1 rings (SSSR count). The van der Waals surface area contributed by atoms with E-state index in [1.165, 1.54) is 0 Å². The van der Waals surface area contributed by atoms with Crippen LogP contribution in [0.4, 0.5) is 0 Å². The Morgan fingerprint density at radius 2 is 1.39 bits per heavy atom. The number of nitrogens with two attached hydrogens (primary N) is 1. The molecular formula is C13H20NO4+. The zero-order valence-corrected chi connectivity index (χ0v) is 11.3. The molecule has 5 heteroatoms. The maximum Gasteiger partial charge on any atom is 0.340 e. The highest BCUT2D eigenvalue weighted by atomic mass is 16.5. The van der Waals surface area contributed by atoms with Crippen LogP contribution in [0.2, 0.25) is 0 Å². The first-order valence-electron chi connectivity index (χ1n) is 6.09. The first-order chi connectivity index (χ1) is 8.51. The molecule has 5 nitrogen and oxygen atoms in total. The van der Waals surface area contributed by atoms with Gasteiger partial charge in [0.2, 0.25) is 0 Å². The van der Waals surface area contributed by atoms with Gasteiger partial charge in [0, 0.05) is 20.3 Å². The van der Waals surface area contributed by atoms with Crippen LogP contribution in [0.3, 0.4) is 0 Å². The summed E-state index contributed by atoms with van der Waals surface area (Å²) in [5.41, 5.74) is 2.76. The Balaban J connectivity index is 2.89. The predicted molar refractivity (Wildman–Crippen MR) is 65.2 cm³/mol. The molecule has 0 unspecified atom stereocenters. The van der Waals surface area contributed by atoms with Crippen LogP contribution in [-0.4, -0.2) is 25.2 Å². The molecule has 1 heterocycles. The SMILES string of the molecule is CCOC(=O)C1=C(C)[NH2+]C(C)=C(C(=O)OCC)C1. The number of hydrogen-bond donors (Lipinski definition) is 1. The molecular weight excluding hydrogens is 234 g/mol. The van der Waals surface area contributed by atoms with Gasteiger partial charge in [-0.1, -0.05) is 0 Å². The van der Waals surface area contributed by atoms with Gasteiger partial charge in [-0.15, -0.1) is 0 Å². The second-order valence-corrected chi connectivity index (χ2v) is 4.09. The maximum absolute atomic E-state index is 11.8. The van der Waals surface area contributed by atoms with E-state index < -0.39 is 0 Å². The van der Waals surface area contributed by atoms with Crippen LogP contribution < -0.4 is 5.32 Å². The highest BCUT2D eigenvalue weighted by molar-refractivity contribution is 5.95. The summed E-state index contributed by atoms with van der Waals surface area (Å²) in [6.07, 6.45) is 0.284. The first-order valence-corrected chi connectivity index (χ1v) is 6.09. The van der Waals surface area contributed by atoms with Gasteiger partial charge in [-0.05, 0) is 13.8 Å². The molecule has 0 radical (unpaired) electrons. The lowest BCUT2D eigenvalue weighted by Gasteiger charge is -2.17. The van der Waals surface area contributed by atoms with Crippen molar-refractivity contribution in [2.45, 2.75) is 34.1 Å². The highest BCUT2D eigenvalue weighted by Crippen LogP contribution is 2.20. The molecule has 2 N–H and O–H groups in total. The standard InChI is InChI=1S/C13H19NO4/c1-5-17-12(15)10-7-11(13(16)18-6-2)9(4)14-8(10)3/h14H,5-7H2,1-4H3/p+1. The molecule has 1 aliphatic heterocycles. The van der Waals surface area contributed by atoms with E-state index in [1.54, 1.807) is 13.8 Å². The number of esters is 2. The van der Waals surface area contributed by atoms with Crippen LogP contribution in [0.1, 0.15) is 34.1 Å². The van der Waals surface area contributed by atoms with Crippen LogP contribution in [-0.2, 0) is 19.1 Å². The molecule has 0 aromatic rings. The maximum atomic E-state index is 11.8. The topological polar surface area (TPSA) is 69.2 Å². The Hall–Kier alpha value is -1.62. The monoisotopic (exact) mass is 254 g/mol. The van der Waals surface area contributed by atoms with E-state index in [-0.39, 0.29) is 18.4 Å². The molecule has 0 spiro atoms. The van der Waals surface area contributed by atoms with Gasteiger partial charge in [0.1, 0.15) is 11.4 Å². The minimum atomic E-state index is -0.361. The predicted octanol–water partition coefficient (Wildman–Crippen LogP) is 0.628. The number of ether oxygens (including phenoxy) is 2. The molecule has 0 saturated heterocycles. The van der Waals surface area contributed by atoms with Crippen molar-refractivity contribution in [3.8, 4) is 0 Å². The third kappa shape index (κ3) is 3.20.